The third-order valence-electron chi connectivity index (χ3n) is 2.76. The SMILES string of the molecule is C=CCNc1ccc(NC(=O)Cc2ccc(Cl)cc2)nc1. The van der Waals surface area contributed by atoms with E-state index in [1.54, 1.807) is 30.5 Å². The molecule has 1 heterocycles. The van der Waals surface area contributed by atoms with Crippen LogP contribution in [0, 0.1) is 0 Å². The average molecular weight is 302 g/mol. The Balaban J connectivity index is 1.90. The Hall–Kier alpha value is -2.33. The molecular formula is C16H16ClN3O. The molecule has 5 heteroatoms. The Morgan fingerprint density at radius 3 is 2.62 bits per heavy atom. The van der Waals surface area contributed by atoms with Gasteiger partial charge in [0.25, 0.3) is 0 Å². The second-order valence-corrected chi connectivity index (χ2v) is 4.89. The lowest BCUT2D eigenvalue weighted by molar-refractivity contribution is -0.115. The Bertz CT molecular complexity index is 608. The van der Waals surface area contributed by atoms with Crippen LogP contribution in [0.4, 0.5) is 11.5 Å². The lowest BCUT2D eigenvalue weighted by Gasteiger charge is -2.06. The Labute approximate surface area is 128 Å². The second-order valence-electron chi connectivity index (χ2n) is 4.45. The Morgan fingerprint density at radius 1 is 1.24 bits per heavy atom. The summed E-state index contributed by atoms with van der Waals surface area (Å²) in [6.07, 6.45) is 3.72. The van der Waals surface area contributed by atoms with Crippen molar-refractivity contribution in [1.82, 2.24) is 4.98 Å². The first-order valence-electron chi connectivity index (χ1n) is 6.52. The fourth-order valence-corrected chi connectivity index (χ4v) is 1.86. The third kappa shape index (κ3) is 4.93. The van der Waals surface area contributed by atoms with Crippen LogP contribution in [0.2, 0.25) is 5.02 Å². The van der Waals surface area contributed by atoms with E-state index in [1.807, 2.05) is 18.2 Å². The van der Waals surface area contributed by atoms with E-state index >= 15 is 0 Å². The maximum Gasteiger partial charge on any atom is 0.229 e. The molecular weight excluding hydrogens is 286 g/mol. The number of pyridine rings is 1. The lowest BCUT2D eigenvalue weighted by atomic mass is 10.1. The van der Waals surface area contributed by atoms with Crippen molar-refractivity contribution < 1.29 is 4.79 Å². The van der Waals surface area contributed by atoms with E-state index in [4.69, 9.17) is 11.6 Å². The van der Waals surface area contributed by atoms with Crippen molar-refractivity contribution in [3.63, 3.8) is 0 Å². The first-order chi connectivity index (χ1) is 10.2. The van der Waals surface area contributed by atoms with Crippen LogP contribution in [0.15, 0.2) is 55.3 Å². The van der Waals surface area contributed by atoms with Crippen molar-refractivity contribution in [2.75, 3.05) is 17.2 Å². The number of halogens is 1. The van der Waals surface area contributed by atoms with Gasteiger partial charge < -0.3 is 10.6 Å². The van der Waals surface area contributed by atoms with Crippen molar-refractivity contribution in [1.29, 1.82) is 0 Å². The van der Waals surface area contributed by atoms with E-state index in [0.717, 1.165) is 11.3 Å². The number of hydrogen-bond donors (Lipinski definition) is 2. The number of aromatic nitrogens is 1. The van der Waals surface area contributed by atoms with Crippen LogP contribution >= 0.6 is 11.6 Å². The van der Waals surface area contributed by atoms with Crippen LogP contribution in [0.25, 0.3) is 0 Å². The Kier molecular flexibility index (Phi) is 5.35. The number of benzene rings is 1. The topological polar surface area (TPSA) is 54.0 Å². The van der Waals surface area contributed by atoms with Crippen LogP contribution in [-0.4, -0.2) is 17.4 Å². The van der Waals surface area contributed by atoms with Crippen LogP contribution in [0.1, 0.15) is 5.56 Å². The fourth-order valence-electron chi connectivity index (χ4n) is 1.74. The molecule has 0 aliphatic rings. The van der Waals surface area contributed by atoms with Gasteiger partial charge in [0.2, 0.25) is 5.91 Å². The molecule has 0 unspecified atom stereocenters. The number of carbonyl (C=O) groups excluding carboxylic acids is 1. The quantitative estimate of drug-likeness (QED) is 0.803. The van der Waals surface area contributed by atoms with E-state index < -0.39 is 0 Å². The molecule has 2 N–H and O–H groups in total. The minimum absolute atomic E-state index is 0.114. The van der Waals surface area contributed by atoms with Gasteiger partial charge in [-0.1, -0.05) is 29.8 Å². The minimum Gasteiger partial charge on any atom is -0.380 e. The zero-order valence-corrected chi connectivity index (χ0v) is 12.2. The number of hydrogen-bond acceptors (Lipinski definition) is 3. The highest BCUT2D eigenvalue weighted by molar-refractivity contribution is 6.30. The van der Waals surface area contributed by atoms with Crippen molar-refractivity contribution in [3.8, 4) is 0 Å². The summed E-state index contributed by atoms with van der Waals surface area (Å²) in [6, 6.07) is 10.8. The molecule has 2 aromatic rings. The van der Waals surface area contributed by atoms with E-state index in [0.29, 0.717) is 17.4 Å². The lowest BCUT2D eigenvalue weighted by Crippen LogP contribution is -2.15. The molecule has 0 fully saturated rings. The first-order valence-corrected chi connectivity index (χ1v) is 6.90. The van der Waals surface area contributed by atoms with Gasteiger partial charge in [-0.05, 0) is 29.8 Å². The third-order valence-corrected chi connectivity index (χ3v) is 3.01. The number of rotatable bonds is 6. The summed E-state index contributed by atoms with van der Waals surface area (Å²) in [7, 11) is 0. The number of anilines is 2. The number of nitrogens with one attached hydrogen (secondary N) is 2. The Morgan fingerprint density at radius 2 is 2.00 bits per heavy atom. The molecule has 0 radical (unpaired) electrons. The van der Waals surface area contributed by atoms with Gasteiger partial charge >= 0.3 is 0 Å². The number of amides is 1. The molecule has 0 saturated heterocycles. The molecule has 108 valence electrons. The number of carbonyl (C=O) groups is 1. The average Bonchev–Trinajstić information content (AvgIpc) is 2.49. The standard InChI is InChI=1S/C16H16ClN3O/c1-2-9-18-14-7-8-15(19-11-14)20-16(21)10-12-3-5-13(17)6-4-12/h2-8,11,18H,1,9-10H2,(H,19,20,21). The highest BCUT2D eigenvalue weighted by atomic mass is 35.5. The van der Waals surface area contributed by atoms with Gasteiger partial charge in [-0.25, -0.2) is 4.98 Å². The van der Waals surface area contributed by atoms with E-state index in [-0.39, 0.29) is 12.3 Å². The molecule has 1 aromatic heterocycles. The maximum absolute atomic E-state index is 11.9. The second kappa shape index (κ2) is 7.45. The molecule has 0 bridgehead atoms. The van der Waals surface area contributed by atoms with E-state index in [9.17, 15) is 4.79 Å². The molecule has 21 heavy (non-hydrogen) atoms. The smallest absolute Gasteiger partial charge is 0.229 e. The molecule has 2 rings (SSSR count). The van der Waals surface area contributed by atoms with E-state index in [2.05, 4.69) is 22.2 Å². The summed E-state index contributed by atoms with van der Waals surface area (Å²) in [5.74, 6) is 0.412. The molecule has 4 nitrogen and oxygen atoms in total. The van der Waals surface area contributed by atoms with Crippen molar-refractivity contribution in [3.05, 3.63) is 65.8 Å². The molecule has 1 aromatic carbocycles. The van der Waals surface area contributed by atoms with Crippen LogP contribution in [-0.2, 0) is 11.2 Å². The van der Waals surface area contributed by atoms with Gasteiger partial charge in [0.05, 0.1) is 18.3 Å². The summed E-state index contributed by atoms with van der Waals surface area (Å²) in [5.41, 5.74) is 1.78. The number of nitrogens with zero attached hydrogens (tertiary/aromatic N) is 1. The molecule has 0 aliphatic carbocycles. The maximum atomic E-state index is 11.9. The van der Waals surface area contributed by atoms with Crippen molar-refractivity contribution >= 4 is 29.0 Å². The summed E-state index contributed by atoms with van der Waals surface area (Å²) < 4.78 is 0. The minimum atomic E-state index is -0.114. The van der Waals surface area contributed by atoms with Gasteiger partial charge in [-0.15, -0.1) is 6.58 Å². The summed E-state index contributed by atoms with van der Waals surface area (Å²) in [6.45, 7) is 4.30. The van der Waals surface area contributed by atoms with Gasteiger partial charge in [-0.2, -0.15) is 0 Å². The van der Waals surface area contributed by atoms with Crippen molar-refractivity contribution in [2.45, 2.75) is 6.42 Å². The predicted molar refractivity (Wildman–Crippen MR) is 86.7 cm³/mol. The van der Waals surface area contributed by atoms with Crippen LogP contribution in [0.5, 0.6) is 0 Å². The summed E-state index contributed by atoms with van der Waals surface area (Å²) in [5, 5.41) is 6.53. The molecule has 0 aliphatic heterocycles. The zero-order valence-electron chi connectivity index (χ0n) is 11.5. The highest BCUT2D eigenvalue weighted by Gasteiger charge is 2.05. The normalized spacial score (nSPS) is 9.95. The highest BCUT2D eigenvalue weighted by Crippen LogP contribution is 2.12. The van der Waals surface area contributed by atoms with Crippen LogP contribution < -0.4 is 10.6 Å². The van der Waals surface area contributed by atoms with Crippen molar-refractivity contribution in [2.24, 2.45) is 0 Å². The van der Waals surface area contributed by atoms with Gasteiger partial charge in [0.15, 0.2) is 0 Å². The predicted octanol–water partition coefficient (Wildman–Crippen LogP) is 3.51. The first kappa shape index (κ1) is 15.1. The monoisotopic (exact) mass is 301 g/mol. The van der Waals surface area contributed by atoms with Gasteiger partial charge in [-0.3, -0.25) is 4.79 Å². The van der Waals surface area contributed by atoms with Gasteiger partial charge in [0.1, 0.15) is 5.82 Å². The molecule has 0 atom stereocenters. The van der Waals surface area contributed by atoms with Crippen LogP contribution in [0.3, 0.4) is 0 Å². The fraction of sp³-hybridized carbons (Fsp3) is 0.125. The van der Waals surface area contributed by atoms with Gasteiger partial charge in [0, 0.05) is 11.6 Å². The summed E-state index contributed by atoms with van der Waals surface area (Å²) in [4.78, 5) is 16.1. The molecule has 1 amide bonds. The molecule has 0 saturated carbocycles. The molecule has 0 spiro atoms. The van der Waals surface area contributed by atoms with E-state index in [1.165, 1.54) is 0 Å². The zero-order chi connectivity index (χ0) is 15.1. The largest absolute Gasteiger partial charge is 0.380 e. The summed E-state index contributed by atoms with van der Waals surface area (Å²) >= 11 is 5.81.